The standard InChI is InChI=1S/C11H18N2O2/c1-4-8(5-2)10(14)9-11(15-3)13-7-6-12-9/h6-8,10,14H,4-5H2,1-3H3. The van der Waals surface area contributed by atoms with E-state index in [9.17, 15) is 5.11 Å². The third-order valence-electron chi connectivity index (χ3n) is 2.66. The summed E-state index contributed by atoms with van der Waals surface area (Å²) in [7, 11) is 1.53. The molecule has 1 N–H and O–H groups in total. The van der Waals surface area contributed by atoms with Crippen LogP contribution in [0.25, 0.3) is 0 Å². The molecular formula is C11H18N2O2. The lowest BCUT2D eigenvalue weighted by molar-refractivity contribution is 0.0953. The molecule has 0 saturated carbocycles. The Labute approximate surface area is 90.3 Å². The first kappa shape index (κ1) is 11.9. The molecule has 0 radical (unpaired) electrons. The highest BCUT2D eigenvalue weighted by Gasteiger charge is 2.22. The Hall–Kier alpha value is -1.16. The van der Waals surface area contributed by atoms with Crippen molar-refractivity contribution in [2.75, 3.05) is 7.11 Å². The molecule has 1 heterocycles. The lowest BCUT2D eigenvalue weighted by atomic mass is 9.94. The van der Waals surface area contributed by atoms with E-state index in [4.69, 9.17) is 4.74 Å². The smallest absolute Gasteiger partial charge is 0.238 e. The highest BCUT2D eigenvalue weighted by molar-refractivity contribution is 5.20. The number of ether oxygens (including phenoxy) is 1. The molecule has 1 aromatic rings. The van der Waals surface area contributed by atoms with Crippen molar-refractivity contribution >= 4 is 0 Å². The molecule has 1 aromatic heterocycles. The molecule has 1 unspecified atom stereocenters. The zero-order valence-electron chi connectivity index (χ0n) is 9.47. The first-order valence-corrected chi connectivity index (χ1v) is 5.27. The van der Waals surface area contributed by atoms with Gasteiger partial charge in [0, 0.05) is 12.4 Å². The Morgan fingerprint density at radius 1 is 1.27 bits per heavy atom. The molecule has 0 amide bonds. The zero-order valence-corrected chi connectivity index (χ0v) is 9.47. The van der Waals surface area contributed by atoms with Gasteiger partial charge < -0.3 is 9.84 Å². The van der Waals surface area contributed by atoms with Crippen LogP contribution in [0, 0.1) is 5.92 Å². The fourth-order valence-corrected chi connectivity index (χ4v) is 1.65. The Morgan fingerprint density at radius 3 is 2.40 bits per heavy atom. The van der Waals surface area contributed by atoms with Crippen LogP contribution in [0.2, 0.25) is 0 Å². The lowest BCUT2D eigenvalue weighted by Crippen LogP contribution is -2.14. The number of hydrogen-bond donors (Lipinski definition) is 1. The van der Waals surface area contributed by atoms with Gasteiger partial charge in [0.15, 0.2) is 0 Å². The molecule has 1 rings (SSSR count). The van der Waals surface area contributed by atoms with E-state index in [0.29, 0.717) is 11.6 Å². The van der Waals surface area contributed by atoms with Gasteiger partial charge in [-0.2, -0.15) is 0 Å². The number of methoxy groups -OCH3 is 1. The van der Waals surface area contributed by atoms with Crippen LogP contribution in [0.3, 0.4) is 0 Å². The average Bonchev–Trinajstić information content (AvgIpc) is 2.30. The zero-order chi connectivity index (χ0) is 11.3. The van der Waals surface area contributed by atoms with E-state index in [0.717, 1.165) is 12.8 Å². The maximum absolute atomic E-state index is 10.1. The molecule has 1 atom stereocenters. The van der Waals surface area contributed by atoms with Crippen molar-refractivity contribution in [1.82, 2.24) is 9.97 Å². The van der Waals surface area contributed by atoms with Crippen LogP contribution in [0.1, 0.15) is 38.5 Å². The largest absolute Gasteiger partial charge is 0.480 e. The van der Waals surface area contributed by atoms with Gasteiger partial charge >= 0.3 is 0 Å². The van der Waals surface area contributed by atoms with Gasteiger partial charge in [-0.25, -0.2) is 4.98 Å². The topological polar surface area (TPSA) is 55.2 Å². The Kier molecular flexibility index (Phi) is 4.49. The molecule has 0 spiro atoms. The quantitative estimate of drug-likeness (QED) is 0.807. The first-order chi connectivity index (χ1) is 7.24. The molecule has 4 heteroatoms. The van der Waals surface area contributed by atoms with Crippen molar-refractivity contribution < 1.29 is 9.84 Å². The summed E-state index contributed by atoms with van der Waals surface area (Å²) in [6, 6.07) is 0. The average molecular weight is 210 g/mol. The minimum Gasteiger partial charge on any atom is -0.480 e. The summed E-state index contributed by atoms with van der Waals surface area (Å²) in [5.41, 5.74) is 0.536. The van der Waals surface area contributed by atoms with Gasteiger partial charge in [0.1, 0.15) is 11.8 Å². The molecule has 0 bridgehead atoms. The van der Waals surface area contributed by atoms with E-state index >= 15 is 0 Å². The van der Waals surface area contributed by atoms with Crippen LogP contribution < -0.4 is 4.74 Å². The van der Waals surface area contributed by atoms with Gasteiger partial charge in [0.25, 0.3) is 0 Å². The Balaban J connectivity index is 2.93. The molecule has 15 heavy (non-hydrogen) atoms. The van der Waals surface area contributed by atoms with E-state index in [1.165, 1.54) is 7.11 Å². The van der Waals surface area contributed by atoms with Gasteiger partial charge in [0.2, 0.25) is 5.88 Å². The van der Waals surface area contributed by atoms with Crippen LogP contribution in [-0.4, -0.2) is 22.2 Å². The Bertz CT molecular complexity index is 300. The van der Waals surface area contributed by atoms with E-state index in [2.05, 4.69) is 23.8 Å². The molecule has 84 valence electrons. The summed E-state index contributed by atoms with van der Waals surface area (Å²) < 4.78 is 5.07. The summed E-state index contributed by atoms with van der Waals surface area (Å²) in [6.45, 7) is 4.11. The van der Waals surface area contributed by atoms with Crippen molar-refractivity contribution in [1.29, 1.82) is 0 Å². The third-order valence-corrected chi connectivity index (χ3v) is 2.66. The van der Waals surface area contributed by atoms with Crippen molar-refractivity contribution in [3.63, 3.8) is 0 Å². The molecule has 0 saturated heterocycles. The summed E-state index contributed by atoms with van der Waals surface area (Å²) in [6.07, 6.45) is 4.36. The van der Waals surface area contributed by atoms with E-state index < -0.39 is 6.10 Å². The van der Waals surface area contributed by atoms with Crippen molar-refractivity contribution in [3.05, 3.63) is 18.1 Å². The molecule has 0 aromatic carbocycles. The van der Waals surface area contributed by atoms with Gasteiger partial charge in [0.05, 0.1) is 7.11 Å². The molecule has 0 aliphatic rings. The third kappa shape index (κ3) is 2.65. The highest BCUT2D eigenvalue weighted by atomic mass is 16.5. The monoisotopic (exact) mass is 210 g/mol. The molecule has 0 aliphatic carbocycles. The summed E-state index contributed by atoms with van der Waals surface area (Å²) in [5.74, 6) is 0.618. The second-order valence-electron chi connectivity index (χ2n) is 3.47. The van der Waals surface area contributed by atoms with E-state index in [-0.39, 0.29) is 5.92 Å². The van der Waals surface area contributed by atoms with Crippen LogP contribution in [0.5, 0.6) is 5.88 Å². The van der Waals surface area contributed by atoms with E-state index in [1.807, 2.05) is 0 Å². The lowest BCUT2D eigenvalue weighted by Gasteiger charge is -2.20. The number of aliphatic hydroxyl groups excluding tert-OH is 1. The molecule has 4 nitrogen and oxygen atoms in total. The molecule has 0 aliphatic heterocycles. The molecular weight excluding hydrogens is 192 g/mol. The number of nitrogens with zero attached hydrogens (tertiary/aromatic N) is 2. The maximum atomic E-state index is 10.1. The summed E-state index contributed by atoms with van der Waals surface area (Å²) in [5, 5.41) is 10.1. The van der Waals surface area contributed by atoms with Crippen LogP contribution in [0.15, 0.2) is 12.4 Å². The predicted molar refractivity (Wildman–Crippen MR) is 57.6 cm³/mol. The van der Waals surface area contributed by atoms with Gasteiger partial charge in [-0.15, -0.1) is 0 Å². The van der Waals surface area contributed by atoms with Gasteiger partial charge in [-0.1, -0.05) is 26.7 Å². The van der Waals surface area contributed by atoms with Crippen LogP contribution in [-0.2, 0) is 0 Å². The normalized spacial score (nSPS) is 12.9. The minimum absolute atomic E-state index is 0.204. The van der Waals surface area contributed by atoms with Crippen LogP contribution >= 0.6 is 0 Å². The fraction of sp³-hybridized carbons (Fsp3) is 0.636. The highest BCUT2D eigenvalue weighted by Crippen LogP contribution is 2.29. The van der Waals surface area contributed by atoms with Gasteiger partial charge in [-0.3, -0.25) is 4.98 Å². The summed E-state index contributed by atoms with van der Waals surface area (Å²) >= 11 is 0. The van der Waals surface area contributed by atoms with E-state index in [1.54, 1.807) is 12.4 Å². The SMILES string of the molecule is CCC(CC)C(O)c1nccnc1OC. The fourth-order valence-electron chi connectivity index (χ4n) is 1.65. The van der Waals surface area contributed by atoms with Crippen molar-refractivity contribution in [2.24, 2.45) is 5.92 Å². The summed E-state index contributed by atoms with van der Waals surface area (Å²) in [4.78, 5) is 8.15. The first-order valence-electron chi connectivity index (χ1n) is 5.27. The van der Waals surface area contributed by atoms with Crippen molar-refractivity contribution in [2.45, 2.75) is 32.8 Å². The van der Waals surface area contributed by atoms with Crippen LogP contribution in [0.4, 0.5) is 0 Å². The number of aliphatic hydroxyl groups is 1. The molecule has 0 fully saturated rings. The van der Waals surface area contributed by atoms with Crippen molar-refractivity contribution in [3.8, 4) is 5.88 Å². The second-order valence-corrected chi connectivity index (χ2v) is 3.47. The number of aromatic nitrogens is 2. The minimum atomic E-state index is -0.594. The maximum Gasteiger partial charge on any atom is 0.238 e. The number of rotatable bonds is 5. The Morgan fingerprint density at radius 2 is 1.87 bits per heavy atom. The predicted octanol–water partition coefficient (Wildman–Crippen LogP) is 1.95. The van der Waals surface area contributed by atoms with Gasteiger partial charge in [-0.05, 0) is 5.92 Å². The number of hydrogen-bond acceptors (Lipinski definition) is 4. The second kappa shape index (κ2) is 5.66.